The maximum absolute atomic E-state index is 12.4. The van der Waals surface area contributed by atoms with E-state index >= 15 is 0 Å². The second-order valence-corrected chi connectivity index (χ2v) is 5.92. The Balaban J connectivity index is 1.98. The first kappa shape index (κ1) is 20.7. The molecule has 0 heterocycles. The molecule has 0 saturated carbocycles. The van der Waals surface area contributed by atoms with Crippen LogP contribution in [0.3, 0.4) is 0 Å². The highest BCUT2D eigenvalue weighted by Crippen LogP contribution is 2.18. The number of nitrogens with one attached hydrogen (secondary N) is 1. The predicted molar refractivity (Wildman–Crippen MR) is 100 cm³/mol. The highest BCUT2D eigenvalue weighted by Gasteiger charge is 2.24. The third kappa shape index (κ3) is 5.97. The van der Waals surface area contributed by atoms with Crippen molar-refractivity contribution >= 4 is 17.9 Å². The van der Waals surface area contributed by atoms with Crippen molar-refractivity contribution in [3.8, 4) is 5.75 Å². The van der Waals surface area contributed by atoms with E-state index in [4.69, 9.17) is 9.47 Å². The van der Waals surface area contributed by atoms with Gasteiger partial charge in [0, 0.05) is 12.1 Å². The molecule has 1 atom stereocenters. The van der Waals surface area contributed by atoms with E-state index in [0.717, 1.165) is 10.6 Å². The zero-order valence-electron chi connectivity index (χ0n) is 15.5. The van der Waals surface area contributed by atoms with Crippen molar-refractivity contribution in [2.45, 2.75) is 32.9 Å². The molecule has 9 nitrogen and oxygen atoms in total. The van der Waals surface area contributed by atoms with Crippen molar-refractivity contribution in [3.05, 3.63) is 70.3 Å². The lowest BCUT2D eigenvalue weighted by Gasteiger charge is -2.27. The highest BCUT2D eigenvalue weighted by atomic mass is 16.6. The van der Waals surface area contributed by atoms with E-state index in [2.05, 4.69) is 5.43 Å². The van der Waals surface area contributed by atoms with E-state index in [1.165, 1.54) is 24.3 Å². The summed E-state index contributed by atoms with van der Waals surface area (Å²) in [6.45, 7) is 3.63. The Morgan fingerprint density at radius 2 is 1.79 bits per heavy atom. The van der Waals surface area contributed by atoms with Crippen molar-refractivity contribution in [2.75, 3.05) is 0 Å². The number of carbonyl (C=O) groups is 2. The van der Waals surface area contributed by atoms with Gasteiger partial charge in [0.2, 0.25) is 0 Å². The maximum Gasteiger partial charge on any atom is 0.434 e. The number of ether oxygens (including phenoxy) is 2. The third-order valence-electron chi connectivity index (χ3n) is 3.91. The number of benzene rings is 2. The van der Waals surface area contributed by atoms with Crippen LogP contribution < -0.4 is 10.2 Å². The molecule has 2 rings (SSSR count). The summed E-state index contributed by atoms with van der Waals surface area (Å²) in [7, 11) is 0. The summed E-state index contributed by atoms with van der Waals surface area (Å²) in [6.07, 6.45) is -1.08. The molecule has 0 saturated heterocycles. The molecule has 0 radical (unpaired) electrons. The Morgan fingerprint density at radius 1 is 1.14 bits per heavy atom. The molecule has 1 N–H and O–H groups in total. The number of rotatable bonds is 6. The fourth-order valence-corrected chi connectivity index (χ4v) is 2.16. The topological polar surface area (TPSA) is 111 Å². The molecule has 0 bridgehead atoms. The summed E-state index contributed by atoms with van der Waals surface area (Å²) in [4.78, 5) is 34.6. The summed E-state index contributed by atoms with van der Waals surface area (Å²) in [5, 5.41) is 11.7. The van der Waals surface area contributed by atoms with Crippen LogP contribution in [0.4, 0.5) is 15.3 Å². The van der Waals surface area contributed by atoms with E-state index in [1.807, 2.05) is 37.3 Å². The number of amides is 2. The Morgan fingerprint density at radius 3 is 2.36 bits per heavy atom. The van der Waals surface area contributed by atoms with Gasteiger partial charge in [0.25, 0.3) is 5.69 Å². The number of hydrazine groups is 1. The Kier molecular flexibility index (Phi) is 7.32. The average molecular weight is 387 g/mol. The average Bonchev–Trinajstić information content (AvgIpc) is 2.71. The molecular formula is C19H21N3O6. The van der Waals surface area contributed by atoms with E-state index in [0.29, 0.717) is 6.42 Å². The molecule has 0 spiro atoms. The molecular weight excluding hydrogens is 366 g/mol. The smallest absolute Gasteiger partial charge is 0.434 e. The van der Waals surface area contributed by atoms with Crippen molar-refractivity contribution in [1.82, 2.24) is 10.4 Å². The van der Waals surface area contributed by atoms with E-state index in [9.17, 15) is 19.7 Å². The van der Waals surface area contributed by atoms with Gasteiger partial charge in [0.05, 0.1) is 11.0 Å². The Hall–Kier alpha value is -3.62. The second kappa shape index (κ2) is 9.91. The van der Waals surface area contributed by atoms with Crippen molar-refractivity contribution < 1.29 is 24.0 Å². The zero-order chi connectivity index (χ0) is 20.5. The monoisotopic (exact) mass is 387 g/mol. The molecule has 1 unspecified atom stereocenters. The molecule has 0 aliphatic heterocycles. The quantitative estimate of drug-likeness (QED) is 0.592. The van der Waals surface area contributed by atoms with Gasteiger partial charge in [0.1, 0.15) is 12.4 Å². The SMILES string of the molecule is CCC(C)N(NC(=O)OCc1ccccc1)C(=O)Oc1ccc([N+](=O)[O-])cc1. The molecule has 2 aromatic carbocycles. The van der Waals surface area contributed by atoms with Gasteiger partial charge in [-0.05, 0) is 31.0 Å². The summed E-state index contributed by atoms with van der Waals surface area (Å²) in [6, 6.07) is 13.8. The minimum absolute atomic E-state index is 0.0540. The van der Waals surface area contributed by atoms with Gasteiger partial charge in [-0.25, -0.2) is 20.0 Å². The molecule has 9 heteroatoms. The predicted octanol–water partition coefficient (Wildman–Crippen LogP) is 4.04. The van der Waals surface area contributed by atoms with Crippen LogP contribution in [0.5, 0.6) is 5.75 Å². The van der Waals surface area contributed by atoms with Crippen LogP contribution in [-0.4, -0.2) is 28.2 Å². The number of hydrogen-bond donors (Lipinski definition) is 1. The largest absolute Gasteiger partial charge is 0.443 e. The van der Waals surface area contributed by atoms with Gasteiger partial charge < -0.3 is 9.47 Å². The van der Waals surface area contributed by atoms with Crippen molar-refractivity contribution in [2.24, 2.45) is 0 Å². The number of hydrogen-bond acceptors (Lipinski definition) is 6. The second-order valence-electron chi connectivity index (χ2n) is 5.92. The molecule has 2 amide bonds. The first-order valence-electron chi connectivity index (χ1n) is 8.63. The van der Waals surface area contributed by atoms with Crippen molar-refractivity contribution in [3.63, 3.8) is 0 Å². The summed E-state index contributed by atoms with van der Waals surface area (Å²) >= 11 is 0. The lowest BCUT2D eigenvalue weighted by atomic mass is 10.2. The number of carbonyl (C=O) groups excluding carboxylic acids is 2. The first-order valence-corrected chi connectivity index (χ1v) is 8.63. The van der Waals surface area contributed by atoms with Crippen LogP contribution in [0.25, 0.3) is 0 Å². The molecule has 28 heavy (non-hydrogen) atoms. The highest BCUT2D eigenvalue weighted by molar-refractivity contribution is 5.75. The van der Waals surface area contributed by atoms with E-state index in [1.54, 1.807) is 6.92 Å². The minimum atomic E-state index is -0.833. The van der Waals surface area contributed by atoms with Gasteiger partial charge in [-0.3, -0.25) is 10.1 Å². The lowest BCUT2D eigenvalue weighted by Crippen LogP contribution is -2.52. The minimum Gasteiger partial charge on any atom is -0.443 e. The standard InChI is InChI=1S/C19H21N3O6/c1-3-14(2)21(20-18(23)27-13-15-7-5-4-6-8-15)19(24)28-17-11-9-16(10-12-17)22(25)26/h4-12,14H,3,13H2,1-2H3,(H,20,23). The Labute approximate surface area is 162 Å². The fourth-order valence-electron chi connectivity index (χ4n) is 2.16. The summed E-state index contributed by atoms with van der Waals surface area (Å²) in [5.74, 6) is 0.114. The van der Waals surface area contributed by atoms with Gasteiger partial charge in [-0.2, -0.15) is 0 Å². The van der Waals surface area contributed by atoms with Crippen LogP contribution in [0.1, 0.15) is 25.8 Å². The van der Waals surface area contributed by atoms with Crippen LogP contribution in [0.15, 0.2) is 54.6 Å². The fraction of sp³-hybridized carbons (Fsp3) is 0.263. The third-order valence-corrected chi connectivity index (χ3v) is 3.91. The molecule has 0 aromatic heterocycles. The normalized spacial score (nSPS) is 11.2. The Bertz CT molecular complexity index is 810. The number of nitro benzene ring substituents is 1. The maximum atomic E-state index is 12.4. The van der Waals surface area contributed by atoms with Crippen LogP contribution in [0.2, 0.25) is 0 Å². The van der Waals surface area contributed by atoms with Crippen LogP contribution in [0, 0.1) is 10.1 Å². The number of non-ortho nitro benzene ring substituents is 1. The summed E-state index contributed by atoms with van der Waals surface area (Å²) in [5.41, 5.74) is 3.06. The molecule has 0 aliphatic rings. The summed E-state index contributed by atoms with van der Waals surface area (Å²) < 4.78 is 10.3. The number of nitro groups is 1. The van der Waals surface area contributed by atoms with Crippen LogP contribution >= 0.6 is 0 Å². The van der Waals surface area contributed by atoms with Gasteiger partial charge in [-0.1, -0.05) is 37.3 Å². The van der Waals surface area contributed by atoms with Gasteiger partial charge >= 0.3 is 12.2 Å². The van der Waals surface area contributed by atoms with Gasteiger partial charge in [-0.15, -0.1) is 0 Å². The lowest BCUT2D eigenvalue weighted by molar-refractivity contribution is -0.384. The zero-order valence-corrected chi connectivity index (χ0v) is 15.5. The van der Waals surface area contributed by atoms with Crippen LogP contribution in [-0.2, 0) is 11.3 Å². The molecule has 2 aromatic rings. The first-order chi connectivity index (χ1) is 13.4. The van der Waals surface area contributed by atoms with E-state index < -0.39 is 17.1 Å². The number of nitrogens with zero attached hydrogens (tertiary/aromatic N) is 2. The van der Waals surface area contributed by atoms with Gasteiger partial charge in [0.15, 0.2) is 0 Å². The van der Waals surface area contributed by atoms with Crippen molar-refractivity contribution in [1.29, 1.82) is 0 Å². The molecule has 0 fully saturated rings. The molecule has 0 aliphatic carbocycles. The molecule has 148 valence electrons. The van der Waals surface area contributed by atoms with E-state index in [-0.39, 0.29) is 24.1 Å².